The molecule has 1 aromatic heterocycles. The Morgan fingerprint density at radius 3 is 2.21 bits per heavy atom. The van der Waals surface area contributed by atoms with E-state index in [-0.39, 0.29) is 41.2 Å². The minimum Gasteiger partial charge on any atom is -1.00 e. The van der Waals surface area contributed by atoms with Gasteiger partial charge in [0.05, 0.1) is 5.41 Å². The molecule has 5 nitrogen and oxygen atoms in total. The third-order valence-corrected chi connectivity index (χ3v) is 6.01. The Morgan fingerprint density at radius 2 is 1.67 bits per heavy atom. The summed E-state index contributed by atoms with van der Waals surface area (Å²) in [5.41, 5.74) is 5.62. The van der Waals surface area contributed by atoms with Crippen molar-refractivity contribution in [1.82, 2.24) is 10.9 Å². The zero-order valence-electron chi connectivity index (χ0n) is 13.9. The van der Waals surface area contributed by atoms with E-state index in [1.807, 2.05) is 23.9 Å². The van der Waals surface area contributed by atoms with Crippen LogP contribution in [0.15, 0.2) is 24.5 Å². The smallest absolute Gasteiger partial charge is 0.275 e. The maximum Gasteiger partial charge on any atom is 0.275 e. The van der Waals surface area contributed by atoms with Gasteiger partial charge in [-0.3, -0.25) is 20.4 Å². The molecule has 130 valence electrons. The number of hydrogen-bond acceptors (Lipinski definition) is 2. The zero-order chi connectivity index (χ0) is 16.0. The number of nitrogens with zero attached hydrogens (tertiary/aromatic N) is 1. The summed E-state index contributed by atoms with van der Waals surface area (Å²) in [5, 5.41) is 0. The molecule has 1 heterocycles. The first-order valence-corrected chi connectivity index (χ1v) is 8.60. The van der Waals surface area contributed by atoms with E-state index >= 15 is 0 Å². The van der Waals surface area contributed by atoms with E-state index < -0.39 is 0 Å². The van der Waals surface area contributed by atoms with Gasteiger partial charge in [-0.05, 0) is 62.3 Å². The number of nitrogens with one attached hydrogen (secondary N) is 2. The SMILES string of the molecule is C[n+]1cccc(C(=O)NNC(=O)C23CC4CC(CC(C4)C2)C3)c1.[I-]. The summed E-state index contributed by atoms with van der Waals surface area (Å²) < 4.78 is 1.82. The number of aryl methyl sites for hydroxylation is 1. The highest BCUT2D eigenvalue weighted by Gasteiger charge is 2.54. The summed E-state index contributed by atoms with van der Waals surface area (Å²) in [4.78, 5) is 25.0. The summed E-state index contributed by atoms with van der Waals surface area (Å²) in [5.74, 6) is 1.91. The van der Waals surface area contributed by atoms with E-state index in [2.05, 4.69) is 10.9 Å². The largest absolute Gasteiger partial charge is 1.00 e. The van der Waals surface area contributed by atoms with Crippen LogP contribution in [0.25, 0.3) is 0 Å². The number of halogens is 1. The van der Waals surface area contributed by atoms with Crippen molar-refractivity contribution >= 4 is 11.8 Å². The van der Waals surface area contributed by atoms with Crippen LogP contribution in [-0.2, 0) is 11.8 Å². The molecule has 6 heteroatoms. The third-order valence-electron chi connectivity index (χ3n) is 6.01. The Kier molecular flexibility index (Phi) is 4.86. The van der Waals surface area contributed by atoms with Crippen LogP contribution in [-0.4, -0.2) is 11.8 Å². The van der Waals surface area contributed by atoms with Gasteiger partial charge in [0.1, 0.15) is 12.6 Å². The van der Waals surface area contributed by atoms with E-state index in [9.17, 15) is 9.59 Å². The highest BCUT2D eigenvalue weighted by Crippen LogP contribution is 2.59. The molecule has 4 aliphatic carbocycles. The van der Waals surface area contributed by atoms with Crippen LogP contribution in [0.3, 0.4) is 0 Å². The molecule has 5 rings (SSSR count). The number of rotatable bonds is 2. The summed E-state index contributed by atoms with van der Waals surface area (Å²) in [7, 11) is 1.87. The minimum atomic E-state index is -0.265. The van der Waals surface area contributed by atoms with Gasteiger partial charge >= 0.3 is 0 Å². The normalized spacial score (nSPS) is 32.8. The number of amides is 2. The lowest BCUT2D eigenvalue weighted by atomic mass is 9.49. The summed E-state index contributed by atoms with van der Waals surface area (Å²) >= 11 is 0. The van der Waals surface area contributed by atoms with E-state index in [1.54, 1.807) is 12.3 Å². The molecule has 2 N–H and O–H groups in total. The Morgan fingerprint density at radius 1 is 1.08 bits per heavy atom. The summed E-state index contributed by atoms with van der Waals surface area (Å²) in [6.45, 7) is 0. The molecular weight excluding hydrogens is 417 g/mol. The molecule has 0 radical (unpaired) electrons. The van der Waals surface area contributed by atoms with Crippen molar-refractivity contribution in [3.8, 4) is 0 Å². The molecule has 0 aliphatic heterocycles. The average Bonchev–Trinajstić information content (AvgIpc) is 2.51. The molecule has 0 atom stereocenters. The third kappa shape index (κ3) is 3.17. The van der Waals surface area contributed by atoms with Gasteiger partial charge in [0.2, 0.25) is 5.91 Å². The number of hydrogen-bond donors (Lipinski definition) is 2. The zero-order valence-corrected chi connectivity index (χ0v) is 16.1. The predicted molar refractivity (Wildman–Crippen MR) is 83.8 cm³/mol. The molecule has 0 spiro atoms. The molecule has 4 fully saturated rings. The van der Waals surface area contributed by atoms with Crippen LogP contribution in [0.1, 0.15) is 48.9 Å². The molecule has 4 bridgehead atoms. The highest BCUT2D eigenvalue weighted by atomic mass is 127. The van der Waals surface area contributed by atoms with E-state index in [1.165, 1.54) is 19.3 Å². The number of hydrazine groups is 1. The number of pyridine rings is 1. The predicted octanol–water partition coefficient (Wildman–Crippen LogP) is -1.51. The topological polar surface area (TPSA) is 62.1 Å². The Labute approximate surface area is 159 Å². The van der Waals surface area contributed by atoms with Crippen LogP contribution >= 0.6 is 0 Å². The van der Waals surface area contributed by atoms with Crippen molar-refractivity contribution in [1.29, 1.82) is 0 Å². The molecule has 4 saturated carbocycles. The fourth-order valence-corrected chi connectivity index (χ4v) is 5.43. The second kappa shape index (κ2) is 6.61. The lowest BCUT2D eigenvalue weighted by Crippen LogP contribution is -3.00. The van der Waals surface area contributed by atoms with Gasteiger partial charge in [0, 0.05) is 6.07 Å². The van der Waals surface area contributed by atoms with Crippen molar-refractivity contribution in [2.24, 2.45) is 30.2 Å². The molecule has 1 aromatic rings. The average molecular weight is 441 g/mol. The van der Waals surface area contributed by atoms with Crippen molar-refractivity contribution in [3.63, 3.8) is 0 Å². The standard InChI is InChI=1S/C18H23N3O2.HI/c1-21-4-2-3-15(11-21)16(22)19-20-17(23)18-8-12-5-13(9-18)7-14(6-12)10-18;/h2-4,11-14H,5-10H2,1H3,(H-,19,20,22,23);1H. The highest BCUT2D eigenvalue weighted by molar-refractivity contribution is 5.95. The van der Waals surface area contributed by atoms with Gasteiger partial charge in [-0.1, -0.05) is 0 Å². The van der Waals surface area contributed by atoms with E-state index in [4.69, 9.17) is 0 Å². The number of aromatic nitrogens is 1. The Hall–Kier alpha value is -1.18. The van der Waals surface area contributed by atoms with Crippen molar-refractivity contribution in [2.75, 3.05) is 0 Å². The van der Waals surface area contributed by atoms with Gasteiger partial charge in [0.15, 0.2) is 12.4 Å². The monoisotopic (exact) mass is 441 g/mol. The van der Waals surface area contributed by atoms with Gasteiger partial charge in [-0.15, -0.1) is 0 Å². The second-order valence-corrected chi connectivity index (χ2v) is 7.86. The maximum atomic E-state index is 12.8. The molecule has 24 heavy (non-hydrogen) atoms. The fraction of sp³-hybridized carbons (Fsp3) is 0.611. The van der Waals surface area contributed by atoms with Crippen molar-refractivity contribution in [2.45, 2.75) is 38.5 Å². The molecular formula is C18H24IN3O2. The Bertz CT molecular complexity index is 626. The van der Waals surface area contributed by atoms with Crippen LogP contribution in [0.4, 0.5) is 0 Å². The fourth-order valence-electron chi connectivity index (χ4n) is 5.43. The minimum absolute atomic E-state index is 0. The van der Waals surface area contributed by atoms with Crippen LogP contribution in [0.5, 0.6) is 0 Å². The second-order valence-electron chi connectivity index (χ2n) is 7.86. The summed E-state index contributed by atoms with van der Waals surface area (Å²) in [6, 6.07) is 3.56. The molecule has 0 unspecified atom stereocenters. The quantitative estimate of drug-likeness (QED) is 0.333. The first kappa shape index (κ1) is 17.6. The molecule has 0 aromatic carbocycles. The van der Waals surface area contributed by atoms with Gasteiger partial charge < -0.3 is 24.0 Å². The van der Waals surface area contributed by atoms with E-state index in [0.29, 0.717) is 5.56 Å². The van der Waals surface area contributed by atoms with Gasteiger partial charge in [-0.25, -0.2) is 4.57 Å². The number of carbonyl (C=O) groups excluding carboxylic acids is 2. The van der Waals surface area contributed by atoms with E-state index in [0.717, 1.165) is 37.0 Å². The summed E-state index contributed by atoms with van der Waals surface area (Å²) in [6.07, 6.45) is 10.5. The van der Waals surface area contributed by atoms with Gasteiger partial charge in [-0.2, -0.15) is 0 Å². The molecule has 2 amide bonds. The van der Waals surface area contributed by atoms with Crippen molar-refractivity contribution < 1.29 is 38.1 Å². The van der Waals surface area contributed by atoms with Gasteiger partial charge in [0.25, 0.3) is 5.91 Å². The van der Waals surface area contributed by atoms with Crippen LogP contribution in [0, 0.1) is 23.2 Å². The van der Waals surface area contributed by atoms with Crippen LogP contribution < -0.4 is 39.4 Å². The first-order chi connectivity index (χ1) is 11.0. The van der Waals surface area contributed by atoms with Crippen LogP contribution in [0.2, 0.25) is 0 Å². The maximum absolute atomic E-state index is 12.8. The Balaban J connectivity index is 0.00000169. The lowest BCUT2D eigenvalue weighted by Gasteiger charge is -2.55. The lowest BCUT2D eigenvalue weighted by molar-refractivity contribution is -0.671. The molecule has 0 saturated heterocycles. The molecule has 4 aliphatic rings. The first-order valence-electron chi connectivity index (χ1n) is 8.60. The number of carbonyl (C=O) groups is 2. The van der Waals surface area contributed by atoms with Crippen molar-refractivity contribution in [3.05, 3.63) is 30.1 Å².